The summed E-state index contributed by atoms with van der Waals surface area (Å²) in [4.78, 5) is 0. The maximum Gasteiger partial charge on any atom is 0.124 e. The number of hydrogen-bond acceptors (Lipinski definition) is 3. The molecule has 1 rings (SSSR count). The van der Waals surface area contributed by atoms with Crippen molar-refractivity contribution in [2.24, 2.45) is 0 Å². The first-order valence-corrected chi connectivity index (χ1v) is 6.23. The lowest BCUT2D eigenvalue weighted by Gasteiger charge is -2.20. The molecule has 3 nitrogen and oxygen atoms in total. The van der Waals surface area contributed by atoms with Crippen molar-refractivity contribution in [3.05, 3.63) is 28.3 Å². The van der Waals surface area contributed by atoms with Gasteiger partial charge in [0, 0.05) is 23.2 Å². The zero-order valence-electron chi connectivity index (χ0n) is 10.9. The van der Waals surface area contributed by atoms with Crippen LogP contribution in [0.3, 0.4) is 0 Å². The molecule has 0 fully saturated rings. The Hall–Kier alpha value is -0.770. The van der Waals surface area contributed by atoms with E-state index in [1.54, 1.807) is 7.11 Å². The monoisotopic (exact) mass is 256 g/mol. The van der Waals surface area contributed by atoms with Crippen LogP contribution in [0.5, 0.6) is 5.75 Å². The molecule has 1 aromatic carbocycles. The highest BCUT2D eigenvalue weighted by molar-refractivity contribution is 6.31. The Morgan fingerprint density at radius 3 is 2.65 bits per heavy atom. The van der Waals surface area contributed by atoms with E-state index in [9.17, 15) is 0 Å². The summed E-state index contributed by atoms with van der Waals surface area (Å²) in [5.74, 6) is 0.879. The number of rotatable bonds is 6. The minimum atomic E-state index is 0.197. The van der Waals surface area contributed by atoms with Gasteiger partial charge in [-0.25, -0.2) is 0 Å². The minimum Gasteiger partial charge on any atom is -0.496 e. The van der Waals surface area contributed by atoms with Crippen LogP contribution in [0.2, 0.25) is 5.02 Å². The fraction of sp³-hybridized carbons (Fsp3) is 0.538. The molecule has 1 unspecified atom stereocenters. The average molecular weight is 257 g/mol. The van der Waals surface area contributed by atoms with Gasteiger partial charge in [-0.2, -0.15) is 0 Å². The van der Waals surface area contributed by atoms with E-state index < -0.39 is 0 Å². The number of halogens is 1. The Kier molecular flexibility index (Phi) is 5.75. The molecule has 17 heavy (non-hydrogen) atoms. The number of hydrogen-bond donors (Lipinski definition) is 2. The molecule has 0 aliphatic heterocycles. The average Bonchev–Trinajstić information content (AvgIpc) is 2.34. The number of nitrogens with one attached hydrogen (secondary N) is 2. The molecular formula is C13H21ClN2O. The molecule has 2 N–H and O–H groups in total. The third-order valence-electron chi connectivity index (χ3n) is 2.83. The summed E-state index contributed by atoms with van der Waals surface area (Å²) in [5.41, 5.74) is 2.12. The van der Waals surface area contributed by atoms with Crippen molar-refractivity contribution in [3.63, 3.8) is 0 Å². The lowest BCUT2D eigenvalue weighted by Crippen LogP contribution is -2.29. The summed E-state index contributed by atoms with van der Waals surface area (Å²) < 4.78 is 5.42. The summed E-state index contributed by atoms with van der Waals surface area (Å²) in [6, 6.07) is 4.16. The van der Waals surface area contributed by atoms with Crippen LogP contribution in [0.25, 0.3) is 0 Å². The van der Waals surface area contributed by atoms with E-state index in [2.05, 4.69) is 17.6 Å². The zero-order valence-corrected chi connectivity index (χ0v) is 11.7. The van der Waals surface area contributed by atoms with E-state index in [1.807, 2.05) is 26.1 Å². The van der Waals surface area contributed by atoms with Crippen LogP contribution in [-0.2, 0) is 0 Å². The van der Waals surface area contributed by atoms with Crippen LogP contribution < -0.4 is 15.4 Å². The Morgan fingerprint density at radius 2 is 2.12 bits per heavy atom. The molecule has 0 aliphatic carbocycles. The Labute approximate surface area is 109 Å². The lowest BCUT2D eigenvalue weighted by atomic mass is 10.0. The van der Waals surface area contributed by atoms with Gasteiger partial charge in [0.2, 0.25) is 0 Å². The number of aryl methyl sites for hydroxylation is 1. The van der Waals surface area contributed by atoms with Crippen LogP contribution >= 0.6 is 11.6 Å². The highest BCUT2D eigenvalue weighted by Gasteiger charge is 2.15. The zero-order chi connectivity index (χ0) is 12.8. The van der Waals surface area contributed by atoms with Gasteiger partial charge in [-0.1, -0.05) is 18.5 Å². The summed E-state index contributed by atoms with van der Waals surface area (Å²) in [6.45, 7) is 5.86. The maximum absolute atomic E-state index is 6.17. The van der Waals surface area contributed by atoms with Gasteiger partial charge in [-0.15, -0.1) is 0 Å². The third kappa shape index (κ3) is 3.60. The molecule has 96 valence electrons. The van der Waals surface area contributed by atoms with Crippen molar-refractivity contribution in [1.29, 1.82) is 0 Å². The number of benzene rings is 1. The molecule has 0 radical (unpaired) electrons. The molecule has 0 heterocycles. The summed E-state index contributed by atoms with van der Waals surface area (Å²) in [5, 5.41) is 7.37. The van der Waals surface area contributed by atoms with Crippen molar-refractivity contribution < 1.29 is 4.74 Å². The normalized spacial score (nSPS) is 12.5. The first-order chi connectivity index (χ1) is 8.13. The summed E-state index contributed by atoms with van der Waals surface area (Å²) >= 11 is 6.17. The minimum absolute atomic E-state index is 0.197. The number of methoxy groups -OCH3 is 1. The second kappa shape index (κ2) is 6.84. The van der Waals surface area contributed by atoms with Crippen molar-refractivity contribution in [1.82, 2.24) is 10.6 Å². The molecular weight excluding hydrogens is 236 g/mol. The highest BCUT2D eigenvalue weighted by atomic mass is 35.5. The van der Waals surface area contributed by atoms with Gasteiger partial charge in [0.05, 0.1) is 7.11 Å². The topological polar surface area (TPSA) is 33.3 Å². The molecule has 1 aromatic rings. The predicted molar refractivity (Wildman–Crippen MR) is 73.1 cm³/mol. The van der Waals surface area contributed by atoms with Crippen LogP contribution in [0.4, 0.5) is 0 Å². The summed E-state index contributed by atoms with van der Waals surface area (Å²) in [7, 11) is 3.63. The smallest absolute Gasteiger partial charge is 0.124 e. The van der Waals surface area contributed by atoms with Gasteiger partial charge in [0.15, 0.2) is 0 Å². The van der Waals surface area contributed by atoms with Gasteiger partial charge in [0.25, 0.3) is 0 Å². The van der Waals surface area contributed by atoms with Gasteiger partial charge in [-0.3, -0.25) is 0 Å². The van der Waals surface area contributed by atoms with Gasteiger partial charge < -0.3 is 15.4 Å². The third-order valence-corrected chi connectivity index (χ3v) is 3.24. The first-order valence-electron chi connectivity index (χ1n) is 5.86. The molecule has 0 saturated heterocycles. The fourth-order valence-electron chi connectivity index (χ4n) is 1.78. The largest absolute Gasteiger partial charge is 0.496 e. The van der Waals surface area contributed by atoms with Crippen molar-refractivity contribution in [2.75, 3.05) is 27.2 Å². The van der Waals surface area contributed by atoms with Crippen molar-refractivity contribution >= 4 is 11.6 Å². The fourth-order valence-corrected chi connectivity index (χ4v) is 1.95. The van der Waals surface area contributed by atoms with E-state index in [1.165, 1.54) is 0 Å². The van der Waals surface area contributed by atoms with E-state index in [-0.39, 0.29) is 6.04 Å². The van der Waals surface area contributed by atoms with Crippen LogP contribution in [0.1, 0.15) is 24.1 Å². The van der Waals surface area contributed by atoms with Gasteiger partial charge in [-0.05, 0) is 38.2 Å². The van der Waals surface area contributed by atoms with Crippen molar-refractivity contribution in [2.45, 2.75) is 19.9 Å². The molecule has 0 bridgehead atoms. The van der Waals surface area contributed by atoms with Crippen molar-refractivity contribution in [3.8, 4) is 5.75 Å². The Balaban J connectivity index is 3.04. The first kappa shape index (κ1) is 14.3. The molecule has 0 aliphatic rings. The lowest BCUT2D eigenvalue weighted by molar-refractivity contribution is 0.399. The van der Waals surface area contributed by atoms with Crippen LogP contribution in [0.15, 0.2) is 12.1 Å². The van der Waals surface area contributed by atoms with Gasteiger partial charge >= 0.3 is 0 Å². The standard InChI is InChI=1S/C13H21ClN2O/c1-5-16-8-12(15-3)10-7-11(14)9(2)6-13(10)17-4/h6-7,12,15-16H,5,8H2,1-4H3. The molecule has 0 spiro atoms. The predicted octanol–water partition coefficient (Wildman–Crippen LogP) is 2.53. The van der Waals surface area contributed by atoms with E-state index >= 15 is 0 Å². The van der Waals surface area contributed by atoms with Crippen LogP contribution in [-0.4, -0.2) is 27.2 Å². The number of ether oxygens (including phenoxy) is 1. The molecule has 0 aromatic heterocycles. The second-order valence-corrected chi connectivity index (χ2v) is 4.40. The second-order valence-electron chi connectivity index (χ2n) is 3.99. The SMILES string of the molecule is CCNCC(NC)c1cc(Cl)c(C)cc1OC. The molecule has 0 saturated carbocycles. The highest BCUT2D eigenvalue weighted by Crippen LogP contribution is 2.30. The van der Waals surface area contributed by atoms with Crippen LogP contribution in [0, 0.1) is 6.92 Å². The molecule has 0 amide bonds. The summed E-state index contributed by atoms with van der Waals surface area (Å²) in [6.07, 6.45) is 0. The molecule has 1 atom stereocenters. The van der Waals surface area contributed by atoms with E-state index in [0.717, 1.165) is 35.0 Å². The van der Waals surface area contributed by atoms with Gasteiger partial charge in [0.1, 0.15) is 5.75 Å². The Morgan fingerprint density at radius 1 is 1.41 bits per heavy atom. The Bertz CT molecular complexity index is 369. The maximum atomic E-state index is 6.17. The van der Waals surface area contributed by atoms with E-state index in [4.69, 9.17) is 16.3 Å². The molecule has 4 heteroatoms. The number of likely N-dealkylation sites (N-methyl/N-ethyl adjacent to an activating group) is 2. The quantitative estimate of drug-likeness (QED) is 0.821. The van der Waals surface area contributed by atoms with E-state index in [0.29, 0.717) is 0 Å².